The molecule has 2 N–H and O–H groups in total. The Morgan fingerprint density at radius 1 is 1.47 bits per heavy atom. The predicted octanol–water partition coefficient (Wildman–Crippen LogP) is 2.88. The molecule has 3 nitrogen and oxygen atoms in total. The SMILES string of the molecule is CC(C)NC(CSc1ccccc1Cl)C(=O)O. The maximum absolute atomic E-state index is 11.0. The number of halogens is 1. The van der Waals surface area contributed by atoms with Crippen LogP contribution >= 0.6 is 23.4 Å². The lowest BCUT2D eigenvalue weighted by molar-refractivity contribution is -0.139. The molecule has 1 unspecified atom stereocenters. The van der Waals surface area contributed by atoms with Gasteiger partial charge in [0.25, 0.3) is 0 Å². The van der Waals surface area contributed by atoms with Crippen molar-refractivity contribution < 1.29 is 9.90 Å². The molecule has 0 spiro atoms. The smallest absolute Gasteiger partial charge is 0.321 e. The third-order valence-electron chi connectivity index (χ3n) is 2.07. The van der Waals surface area contributed by atoms with Crippen molar-refractivity contribution in [2.24, 2.45) is 0 Å². The molecule has 1 rings (SSSR count). The number of nitrogens with one attached hydrogen (secondary N) is 1. The van der Waals surface area contributed by atoms with Crippen LogP contribution in [-0.2, 0) is 4.79 Å². The maximum Gasteiger partial charge on any atom is 0.321 e. The molecule has 17 heavy (non-hydrogen) atoms. The fraction of sp³-hybridized carbons (Fsp3) is 0.417. The number of carboxylic acids is 1. The van der Waals surface area contributed by atoms with E-state index in [2.05, 4.69) is 5.32 Å². The molecule has 0 heterocycles. The molecule has 0 amide bonds. The van der Waals surface area contributed by atoms with Crippen LogP contribution in [0, 0.1) is 0 Å². The Bertz CT molecular complexity index is 385. The largest absolute Gasteiger partial charge is 0.480 e. The number of rotatable bonds is 6. The van der Waals surface area contributed by atoms with Crippen molar-refractivity contribution in [1.29, 1.82) is 0 Å². The molecule has 0 saturated carbocycles. The van der Waals surface area contributed by atoms with E-state index in [1.54, 1.807) is 6.07 Å². The van der Waals surface area contributed by atoms with Gasteiger partial charge in [0.2, 0.25) is 0 Å². The number of thioether (sulfide) groups is 1. The van der Waals surface area contributed by atoms with Crippen LogP contribution in [0.1, 0.15) is 13.8 Å². The number of benzene rings is 1. The summed E-state index contributed by atoms with van der Waals surface area (Å²) < 4.78 is 0. The standard InChI is InChI=1S/C12H16ClNO2S/c1-8(2)14-10(12(15)16)7-17-11-6-4-3-5-9(11)13/h3-6,8,10,14H,7H2,1-2H3,(H,15,16). The van der Waals surface area contributed by atoms with Gasteiger partial charge in [-0.05, 0) is 12.1 Å². The zero-order chi connectivity index (χ0) is 12.8. The van der Waals surface area contributed by atoms with Gasteiger partial charge >= 0.3 is 5.97 Å². The minimum atomic E-state index is -0.835. The van der Waals surface area contributed by atoms with Gasteiger partial charge in [-0.3, -0.25) is 4.79 Å². The molecule has 1 aromatic rings. The van der Waals surface area contributed by atoms with Crippen molar-refractivity contribution in [3.05, 3.63) is 29.3 Å². The average Bonchev–Trinajstić information content (AvgIpc) is 2.25. The van der Waals surface area contributed by atoms with Gasteiger partial charge in [-0.1, -0.05) is 37.6 Å². The molecule has 0 aliphatic carbocycles. The van der Waals surface area contributed by atoms with E-state index in [9.17, 15) is 4.79 Å². The molecule has 0 aliphatic rings. The van der Waals surface area contributed by atoms with E-state index < -0.39 is 12.0 Å². The van der Waals surface area contributed by atoms with Gasteiger partial charge < -0.3 is 10.4 Å². The summed E-state index contributed by atoms with van der Waals surface area (Å²) in [5.74, 6) is -0.379. The van der Waals surface area contributed by atoms with E-state index in [-0.39, 0.29) is 6.04 Å². The van der Waals surface area contributed by atoms with Gasteiger partial charge in [0.05, 0.1) is 5.02 Å². The number of aliphatic carboxylic acids is 1. The Morgan fingerprint density at radius 3 is 2.65 bits per heavy atom. The molecule has 5 heteroatoms. The molecule has 1 aromatic carbocycles. The maximum atomic E-state index is 11.0. The Kier molecular flexibility index (Phi) is 5.82. The minimum Gasteiger partial charge on any atom is -0.480 e. The molecular formula is C12H16ClNO2S. The molecule has 0 aliphatic heterocycles. The highest BCUT2D eigenvalue weighted by Gasteiger charge is 2.18. The molecule has 94 valence electrons. The van der Waals surface area contributed by atoms with Gasteiger partial charge in [0, 0.05) is 16.7 Å². The van der Waals surface area contributed by atoms with Gasteiger partial charge in [-0.15, -0.1) is 11.8 Å². The highest BCUT2D eigenvalue weighted by atomic mass is 35.5. The van der Waals surface area contributed by atoms with Crippen LogP contribution in [-0.4, -0.2) is 28.9 Å². The number of hydrogen-bond acceptors (Lipinski definition) is 3. The first-order chi connectivity index (χ1) is 8.00. The van der Waals surface area contributed by atoms with E-state index in [1.165, 1.54) is 11.8 Å². The van der Waals surface area contributed by atoms with Crippen LogP contribution < -0.4 is 5.32 Å². The first-order valence-corrected chi connectivity index (χ1v) is 6.73. The number of hydrogen-bond donors (Lipinski definition) is 2. The van der Waals surface area contributed by atoms with E-state index >= 15 is 0 Å². The number of carbonyl (C=O) groups is 1. The van der Waals surface area contributed by atoms with E-state index in [0.717, 1.165) is 4.90 Å². The lowest BCUT2D eigenvalue weighted by atomic mass is 10.3. The van der Waals surface area contributed by atoms with Crippen molar-refractivity contribution in [2.45, 2.75) is 30.8 Å². The minimum absolute atomic E-state index is 0.142. The summed E-state index contributed by atoms with van der Waals surface area (Å²) >= 11 is 7.45. The molecule has 0 aromatic heterocycles. The molecule has 0 saturated heterocycles. The van der Waals surface area contributed by atoms with Gasteiger partial charge in [-0.2, -0.15) is 0 Å². The van der Waals surface area contributed by atoms with Crippen LogP contribution in [0.15, 0.2) is 29.2 Å². The molecule has 0 fully saturated rings. The highest BCUT2D eigenvalue weighted by Crippen LogP contribution is 2.27. The molecule has 0 radical (unpaired) electrons. The zero-order valence-electron chi connectivity index (χ0n) is 9.81. The van der Waals surface area contributed by atoms with E-state index in [4.69, 9.17) is 16.7 Å². The Balaban J connectivity index is 2.58. The van der Waals surface area contributed by atoms with Gasteiger partial charge in [-0.25, -0.2) is 0 Å². The lowest BCUT2D eigenvalue weighted by Gasteiger charge is -2.17. The topological polar surface area (TPSA) is 49.3 Å². The second-order valence-corrected chi connectivity index (χ2v) is 5.42. The third-order valence-corrected chi connectivity index (χ3v) is 3.68. The monoisotopic (exact) mass is 273 g/mol. The predicted molar refractivity (Wildman–Crippen MR) is 71.9 cm³/mol. The normalized spacial score (nSPS) is 12.7. The summed E-state index contributed by atoms with van der Waals surface area (Å²) in [5.41, 5.74) is 0. The van der Waals surface area contributed by atoms with Crippen LogP contribution in [0.5, 0.6) is 0 Å². The summed E-state index contributed by atoms with van der Waals surface area (Å²) in [7, 11) is 0. The Labute approximate surface area is 111 Å². The molecule has 1 atom stereocenters. The fourth-order valence-electron chi connectivity index (χ4n) is 1.33. The second kappa shape index (κ2) is 6.89. The molecular weight excluding hydrogens is 258 g/mol. The van der Waals surface area contributed by atoms with Crippen molar-refractivity contribution in [3.8, 4) is 0 Å². The van der Waals surface area contributed by atoms with Crippen LogP contribution in [0.3, 0.4) is 0 Å². The first-order valence-electron chi connectivity index (χ1n) is 5.37. The van der Waals surface area contributed by atoms with Gasteiger partial charge in [0.15, 0.2) is 0 Å². The van der Waals surface area contributed by atoms with Crippen LogP contribution in [0.4, 0.5) is 0 Å². The first kappa shape index (κ1) is 14.4. The second-order valence-electron chi connectivity index (χ2n) is 3.95. The van der Waals surface area contributed by atoms with Crippen molar-refractivity contribution in [2.75, 3.05) is 5.75 Å². The van der Waals surface area contributed by atoms with Crippen LogP contribution in [0.2, 0.25) is 5.02 Å². The Hall–Kier alpha value is -0.710. The number of carboxylic acid groups (broad SMARTS) is 1. The van der Waals surface area contributed by atoms with Crippen molar-refractivity contribution in [3.63, 3.8) is 0 Å². The summed E-state index contributed by atoms with van der Waals surface area (Å²) in [4.78, 5) is 11.9. The fourth-order valence-corrected chi connectivity index (χ4v) is 2.59. The average molecular weight is 274 g/mol. The summed E-state index contributed by atoms with van der Waals surface area (Å²) in [6, 6.07) is 7.02. The van der Waals surface area contributed by atoms with E-state index in [0.29, 0.717) is 10.8 Å². The highest BCUT2D eigenvalue weighted by molar-refractivity contribution is 7.99. The third kappa shape index (κ3) is 4.98. The molecule has 0 bridgehead atoms. The lowest BCUT2D eigenvalue weighted by Crippen LogP contribution is -2.42. The summed E-state index contributed by atoms with van der Waals surface area (Å²) in [6.45, 7) is 3.85. The summed E-state index contributed by atoms with van der Waals surface area (Å²) in [5, 5.41) is 12.7. The van der Waals surface area contributed by atoms with E-state index in [1.807, 2.05) is 32.0 Å². The van der Waals surface area contributed by atoms with Crippen LogP contribution in [0.25, 0.3) is 0 Å². The van der Waals surface area contributed by atoms with Crippen molar-refractivity contribution in [1.82, 2.24) is 5.32 Å². The Morgan fingerprint density at radius 2 is 2.12 bits per heavy atom. The quantitative estimate of drug-likeness (QED) is 0.783. The van der Waals surface area contributed by atoms with Crippen molar-refractivity contribution >= 4 is 29.3 Å². The zero-order valence-corrected chi connectivity index (χ0v) is 11.4. The van der Waals surface area contributed by atoms with Gasteiger partial charge in [0.1, 0.15) is 6.04 Å². The summed E-state index contributed by atoms with van der Waals surface area (Å²) in [6.07, 6.45) is 0.